The van der Waals surface area contributed by atoms with Crippen LogP contribution in [-0.4, -0.2) is 36.9 Å². The van der Waals surface area contributed by atoms with Gasteiger partial charge in [-0.25, -0.2) is 14.0 Å². The Labute approximate surface area is 122 Å². The quantitative estimate of drug-likeness (QED) is 0.676. The van der Waals surface area contributed by atoms with Crippen molar-refractivity contribution in [3.63, 3.8) is 0 Å². The summed E-state index contributed by atoms with van der Waals surface area (Å²) in [6.45, 7) is -0.150. The van der Waals surface area contributed by atoms with Crippen molar-refractivity contribution in [2.75, 3.05) is 19.0 Å². The van der Waals surface area contributed by atoms with Gasteiger partial charge >= 0.3 is 12.0 Å². The largest absolute Gasteiger partial charge is 0.480 e. The Morgan fingerprint density at radius 1 is 1.53 bits per heavy atom. The Hall–Kier alpha value is -1.42. The Morgan fingerprint density at radius 2 is 2.21 bits per heavy atom. The number of amides is 2. The average molecular weight is 382 g/mol. The number of carbonyl (C=O) groups is 2. The van der Waals surface area contributed by atoms with Gasteiger partial charge in [0.15, 0.2) is 6.04 Å². The lowest BCUT2D eigenvalue weighted by Gasteiger charge is -2.14. The summed E-state index contributed by atoms with van der Waals surface area (Å²) in [5.74, 6) is -1.62. The Morgan fingerprint density at radius 3 is 2.74 bits per heavy atom. The SMILES string of the molecule is COCC(NC(=O)Nc1ccc(F)cc1I)C(=O)O. The van der Waals surface area contributed by atoms with Crippen molar-refractivity contribution in [1.29, 1.82) is 0 Å². The van der Waals surface area contributed by atoms with Crippen LogP contribution >= 0.6 is 22.6 Å². The van der Waals surface area contributed by atoms with Crippen molar-refractivity contribution < 1.29 is 23.8 Å². The molecule has 0 aliphatic carbocycles. The molecule has 6 nitrogen and oxygen atoms in total. The highest BCUT2D eigenvalue weighted by molar-refractivity contribution is 14.1. The van der Waals surface area contributed by atoms with Gasteiger partial charge < -0.3 is 20.5 Å². The second kappa shape index (κ2) is 7.24. The summed E-state index contributed by atoms with van der Waals surface area (Å²) >= 11 is 1.86. The van der Waals surface area contributed by atoms with Crippen LogP contribution in [0.4, 0.5) is 14.9 Å². The number of hydrogen-bond donors (Lipinski definition) is 3. The summed E-state index contributed by atoms with van der Waals surface area (Å²) in [7, 11) is 1.33. The molecule has 0 fully saturated rings. The predicted molar refractivity (Wildman–Crippen MR) is 74.6 cm³/mol. The molecule has 1 rings (SSSR count). The van der Waals surface area contributed by atoms with Crippen LogP contribution in [0, 0.1) is 9.39 Å². The molecule has 1 aromatic carbocycles. The van der Waals surface area contributed by atoms with Gasteiger partial charge in [-0.2, -0.15) is 0 Å². The van der Waals surface area contributed by atoms with Gasteiger partial charge in [0.1, 0.15) is 5.82 Å². The van der Waals surface area contributed by atoms with Crippen LogP contribution in [-0.2, 0) is 9.53 Å². The summed E-state index contributed by atoms with van der Waals surface area (Å²) in [6, 6.07) is 1.99. The van der Waals surface area contributed by atoms with E-state index < -0.39 is 23.9 Å². The lowest BCUT2D eigenvalue weighted by atomic mass is 10.3. The van der Waals surface area contributed by atoms with E-state index in [1.807, 2.05) is 22.6 Å². The molecule has 0 bridgehead atoms. The second-order valence-corrected chi connectivity index (χ2v) is 4.73. The van der Waals surface area contributed by atoms with Gasteiger partial charge in [0.05, 0.1) is 12.3 Å². The standard InChI is InChI=1S/C11H12FIN2O4/c1-19-5-9(10(16)17)15-11(18)14-8-3-2-6(12)4-7(8)13/h2-4,9H,5H2,1H3,(H,16,17)(H2,14,15,18). The van der Waals surface area contributed by atoms with Crippen molar-refractivity contribution in [3.8, 4) is 0 Å². The first kappa shape index (κ1) is 15.6. The lowest BCUT2D eigenvalue weighted by molar-refractivity contribution is -0.140. The maximum atomic E-state index is 12.9. The molecule has 0 aromatic heterocycles. The number of rotatable bonds is 5. The van der Waals surface area contributed by atoms with Crippen molar-refractivity contribution in [1.82, 2.24) is 5.32 Å². The van der Waals surface area contributed by atoms with Gasteiger partial charge in [0.25, 0.3) is 0 Å². The number of urea groups is 1. The number of hydrogen-bond acceptors (Lipinski definition) is 3. The molecule has 1 atom stereocenters. The first-order valence-electron chi connectivity index (χ1n) is 5.18. The fourth-order valence-corrected chi connectivity index (χ4v) is 1.86. The van der Waals surface area contributed by atoms with E-state index in [0.717, 1.165) is 0 Å². The minimum Gasteiger partial charge on any atom is -0.480 e. The van der Waals surface area contributed by atoms with E-state index in [9.17, 15) is 14.0 Å². The van der Waals surface area contributed by atoms with E-state index in [1.165, 1.54) is 25.3 Å². The fourth-order valence-electron chi connectivity index (χ4n) is 1.25. The first-order valence-corrected chi connectivity index (χ1v) is 6.26. The van der Waals surface area contributed by atoms with E-state index in [4.69, 9.17) is 5.11 Å². The molecule has 0 aliphatic rings. The monoisotopic (exact) mass is 382 g/mol. The number of carboxylic acid groups (broad SMARTS) is 1. The number of anilines is 1. The van der Waals surface area contributed by atoms with E-state index in [2.05, 4.69) is 15.4 Å². The molecular formula is C11H12FIN2O4. The van der Waals surface area contributed by atoms with Gasteiger partial charge in [0, 0.05) is 10.7 Å². The summed E-state index contributed by atoms with van der Waals surface area (Å²) < 4.78 is 18.1. The van der Waals surface area contributed by atoms with E-state index in [0.29, 0.717) is 9.26 Å². The molecule has 0 spiro atoms. The van der Waals surface area contributed by atoms with Gasteiger partial charge in [-0.1, -0.05) is 0 Å². The van der Waals surface area contributed by atoms with Crippen molar-refractivity contribution in [2.45, 2.75) is 6.04 Å². The summed E-state index contributed by atoms with van der Waals surface area (Å²) in [5.41, 5.74) is 0.390. The molecule has 104 valence electrons. The van der Waals surface area contributed by atoms with Crippen LogP contribution in [0.15, 0.2) is 18.2 Å². The van der Waals surface area contributed by atoms with Crippen LogP contribution in [0.3, 0.4) is 0 Å². The van der Waals surface area contributed by atoms with Crippen LogP contribution in [0.1, 0.15) is 0 Å². The number of carboxylic acids is 1. The Balaban J connectivity index is 2.66. The van der Waals surface area contributed by atoms with Gasteiger partial charge in [-0.05, 0) is 40.8 Å². The highest BCUT2D eigenvalue weighted by Gasteiger charge is 2.19. The second-order valence-electron chi connectivity index (χ2n) is 3.57. The number of benzene rings is 1. The molecule has 2 amide bonds. The third-order valence-corrected chi connectivity index (χ3v) is 3.01. The molecule has 0 saturated carbocycles. The minimum atomic E-state index is -1.20. The topological polar surface area (TPSA) is 87.7 Å². The molecular weight excluding hydrogens is 370 g/mol. The maximum Gasteiger partial charge on any atom is 0.328 e. The van der Waals surface area contributed by atoms with E-state index >= 15 is 0 Å². The number of ether oxygens (including phenoxy) is 1. The molecule has 0 heterocycles. The molecule has 1 unspecified atom stereocenters. The molecule has 0 aliphatic heterocycles. The Bertz CT molecular complexity index is 484. The minimum absolute atomic E-state index is 0.150. The summed E-state index contributed by atoms with van der Waals surface area (Å²) in [5, 5.41) is 13.5. The van der Waals surface area contributed by atoms with Crippen LogP contribution in [0.5, 0.6) is 0 Å². The van der Waals surface area contributed by atoms with Crippen LogP contribution in [0.25, 0.3) is 0 Å². The van der Waals surface area contributed by atoms with E-state index in [1.54, 1.807) is 0 Å². The third kappa shape index (κ3) is 4.99. The van der Waals surface area contributed by atoms with Gasteiger partial charge in [0.2, 0.25) is 0 Å². The van der Waals surface area contributed by atoms with Gasteiger partial charge in [-0.3, -0.25) is 0 Å². The summed E-state index contributed by atoms with van der Waals surface area (Å²) in [4.78, 5) is 22.4. The maximum absolute atomic E-state index is 12.9. The fraction of sp³-hybridized carbons (Fsp3) is 0.273. The lowest BCUT2D eigenvalue weighted by Crippen LogP contribution is -2.45. The normalized spacial score (nSPS) is 11.7. The number of halogens is 2. The van der Waals surface area contributed by atoms with Crippen LogP contribution < -0.4 is 10.6 Å². The smallest absolute Gasteiger partial charge is 0.328 e. The van der Waals surface area contributed by atoms with Crippen molar-refractivity contribution >= 4 is 40.3 Å². The molecule has 8 heteroatoms. The number of carbonyl (C=O) groups excluding carboxylic acids is 1. The average Bonchev–Trinajstić information content (AvgIpc) is 2.32. The van der Waals surface area contributed by atoms with Crippen molar-refractivity contribution in [3.05, 3.63) is 27.6 Å². The predicted octanol–water partition coefficient (Wildman–Crippen LogP) is 1.65. The molecule has 1 aromatic rings. The number of aliphatic carboxylic acids is 1. The molecule has 0 saturated heterocycles. The van der Waals surface area contributed by atoms with Crippen LogP contribution in [0.2, 0.25) is 0 Å². The number of nitrogens with one attached hydrogen (secondary N) is 2. The molecule has 3 N–H and O–H groups in total. The number of methoxy groups -OCH3 is 1. The van der Waals surface area contributed by atoms with Crippen molar-refractivity contribution in [2.24, 2.45) is 0 Å². The zero-order chi connectivity index (χ0) is 14.4. The Kier molecular flexibility index (Phi) is 5.96. The zero-order valence-electron chi connectivity index (χ0n) is 9.94. The van der Waals surface area contributed by atoms with E-state index in [-0.39, 0.29) is 6.61 Å². The third-order valence-electron chi connectivity index (χ3n) is 2.12. The highest BCUT2D eigenvalue weighted by Crippen LogP contribution is 2.18. The summed E-state index contributed by atoms with van der Waals surface area (Å²) in [6.07, 6.45) is 0. The molecule has 0 radical (unpaired) electrons. The molecule has 19 heavy (non-hydrogen) atoms. The highest BCUT2D eigenvalue weighted by atomic mass is 127. The zero-order valence-corrected chi connectivity index (χ0v) is 12.1. The first-order chi connectivity index (χ1) is 8.93. The van der Waals surface area contributed by atoms with Gasteiger partial charge in [-0.15, -0.1) is 0 Å².